The Morgan fingerprint density at radius 1 is 1.71 bits per heavy atom. The van der Waals surface area contributed by atoms with Gasteiger partial charge in [-0.2, -0.15) is 4.98 Å². The van der Waals surface area contributed by atoms with E-state index >= 15 is 0 Å². The number of hydrogen-bond donors (Lipinski definition) is 1. The van der Waals surface area contributed by atoms with Gasteiger partial charge in [0.2, 0.25) is 0 Å². The van der Waals surface area contributed by atoms with Crippen LogP contribution in [0.2, 0.25) is 0 Å². The molecular formula is C11H14N2O4. The van der Waals surface area contributed by atoms with Crippen LogP contribution in [0.1, 0.15) is 22.5 Å². The zero-order valence-electron chi connectivity index (χ0n) is 9.55. The second-order valence-electron chi connectivity index (χ2n) is 4.00. The van der Waals surface area contributed by atoms with Gasteiger partial charge in [0.1, 0.15) is 0 Å². The van der Waals surface area contributed by atoms with Gasteiger partial charge in [0.05, 0.1) is 24.5 Å². The highest BCUT2D eigenvalue weighted by Crippen LogP contribution is 2.14. The zero-order chi connectivity index (χ0) is 12.3. The molecule has 2 rings (SSSR count). The number of aryl methyl sites for hydroxylation is 1. The van der Waals surface area contributed by atoms with E-state index in [1.54, 1.807) is 6.92 Å². The van der Waals surface area contributed by atoms with E-state index in [0.717, 1.165) is 13.0 Å². The molecular weight excluding hydrogens is 224 g/mol. The van der Waals surface area contributed by atoms with Gasteiger partial charge in [-0.1, -0.05) is 0 Å². The lowest BCUT2D eigenvalue weighted by atomic mass is 10.1. The van der Waals surface area contributed by atoms with Crippen molar-refractivity contribution in [3.8, 4) is 6.01 Å². The predicted octanol–water partition coefficient (Wildman–Crippen LogP) is 0.899. The summed E-state index contributed by atoms with van der Waals surface area (Å²) in [7, 11) is 0. The van der Waals surface area contributed by atoms with E-state index in [4.69, 9.17) is 14.6 Å². The molecule has 92 valence electrons. The first kappa shape index (κ1) is 11.8. The van der Waals surface area contributed by atoms with Gasteiger partial charge in [0.15, 0.2) is 0 Å². The lowest BCUT2D eigenvalue weighted by molar-refractivity contribution is 0.0694. The number of rotatable bonds is 4. The van der Waals surface area contributed by atoms with Crippen molar-refractivity contribution in [2.75, 3.05) is 19.8 Å². The molecule has 1 aliphatic rings. The van der Waals surface area contributed by atoms with Crippen molar-refractivity contribution in [2.45, 2.75) is 13.3 Å². The summed E-state index contributed by atoms with van der Waals surface area (Å²) in [5.41, 5.74) is 0.506. The van der Waals surface area contributed by atoms with Crippen molar-refractivity contribution in [3.63, 3.8) is 0 Å². The summed E-state index contributed by atoms with van der Waals surface area (Å²) < 4.78 is 10.6. The molecule has 0 aromatic carbocycles. The number of aromatic nitrogens is 2. The minimum atomic E-state index is -1.03. The molecule has 6 heteroatoms. The second-order valence-corrected chi connectivity index (χ2v) is 4.00. The molecule has 1 unspecified atom stereocenters. The first-order valence-electron chi connectivity index (χ1n) is 5.44. The Hall–Kier alpha value is -1.69. The maximum absolute atomic E-state index is 10.8. The minimum Gasteiger partial charge on any atom is -0.478 e. The first-order valence-corrected chi connectivity index (χ1v) is 5.44. The molecule has 1 aromatic heterocycles. The van der Waals surface area contributed by atoms with Crippen molar-refractivity contribution >= 4 is 5.97 Å². The quantitative estimate of drug-likeness (QED) is 0.839. The molecule has 1 aliphatic heterocycles. The van der Waals surface area contributed by atoms with Gasteiger partial charge >= 0.3 is 12.0 Å². The van der Waals surface area contributed by atoms with E-state index in [1.165, 1.54) is 6.20 Å². The van der Waals surface area contributed by atoms with E-state index < -0.39 is 5.97 Å². The van der Waals surface area contributed by atoms with Crippen molar-refractivity contribution in [2.24, 2.45) is 5.92 Å². The standard InChI is InChI=1S/C11H14N2O4/c1-7-9(10(14)15)4-12-11(13-7)17-6-8-2-3-16-5-8/h4,8H,2-3,5-6H2,1H3,(H,14,15). The summed E-state index contributed by atoms with van der Waals surface area (Å²) in [4.78, 5) is 18.6. The van der Waals surface area contributed by atoms with Gasteiger partial charge in [0, 0.05) is 18.7 Å². The Kier molecular flexibility index (Phi) is 3.53. The van der Waals surface area contributed by atoms with Crippen LogP contribution in [0.5, 0.6) is 6.01 Å². The van der Waals surface area contributed by atoms with Gasteiger partial charge in [-0.05, 0) is 13.3 Å². The third-order valence-corrected chi connectivity index (χ3v) is 2.66. The number of carboxylic acid groups (broad SMARTS) is 1. The Bertz CT molecular complexity index is 416. The van der Waals surface area contributed by atoms with Crippen molar-refractivity contribution < 1.29 is 19.4 Å². The maximum Gasteiger partial charge on any atom is 0.339 e. The third kappa shape index (κ3) is 2.91. The molecule has 0 amide bonds. The van der Waals surface area contributed by atoms with Crippen molar-refractivity contribution in [3.05, 3.63) is 17.5 Å². The van der Waals surface area contributed by atoms with E-state index in [-0.39, 0.29) is 11.6 Å². The zero-order valence-corrected chi connectivity index (χ0v) is 9.55. The molecule has 17 heavy (non-hydrogen) atoms. The van der Waals surface area contributed by atoms with Gasteiger partial charge in [0.25, 0.3) is 0 Å². The summed E-state index contributed by atoms with van der Waals surface area (Å²) in [6.07, 6.45) is 2.25. The highest BCUT2D eigenvalue weighted by atomic mass is 16.5. The number of carbonyl (C=O) groups is 1. The van der Waals surface area contributed by atoms with Crippen LogP contribution >= 0.6 is 0 Å². The van der Waals surface area contributed by atoms with Gasteiger partial charge < -0.3 is 14.6 Å². The number of carboxylic acids is 1. The number of nitrogens with zero attached hydrogens (tertiary/aromatic N) is 2. The van der Waals surface area contributed by atoms with Crippen LogP contribution in [-0.2, 0) is 4.74 Å². The van der Waals surface area contributed by atoms with E-state index in [2.05, 4.69) is 9.97 Å². The summed E-state index contributed by atoms with van der Waals surface area (Å²) in [5, 5.41) is 8.82. The monoisotopic (exact) mass is 238 g/mol. The molecule has 1 atom stereocenters. The molecule has 1 fully saturated rings. The average Bonchev–Trinajstić information content (AvgIpc) is 2.78. The highest BCUT2D eigenvalue weighted by Gasteiger charge is 2.17. The van der Waals surface area contributed by atoms with Crippen LogP contribution in [0.4, 0.5) is 0 Å². The largest absolute Gasteiger partial charge is 0.478 e. The predicted molar refractivity (Wildman–Crippen MR) is 58.1 cm³/mol. The fraction of sp³-hybridized carbons (Fsp3) is 0.545. The number of aromatic carboxylic acids is 1. The Morgan fingerprint density at radius 3 is 3.12 bits per heavy atom. The van der Waals surface area contributed by atoms with Crippen LogP contribution in [0.15, 0.2) is 6.20 Å². The molecule has 0 radical (unpaired) electrons. The Morgan fingerprint density at radius 2 is 2.53 bits per heavy atom. The molecule has 6 nitrogen and oxygen atoms in total. The molecule has 1 aromatic rings. The number of ether oxygens (including phenoxy) is 2. The van der Waals surface area contributed by atoms with Crippen LogP contribution in [0.3, 0.4) is 0 Å². The normalized spacial score (nSPS) is 19.2. The fourth-order valence-electron chi connectivity index (χ4n) is 1.63. The highest BCUT2D eigenvalue weighted by molar-refractivity contribution is 5.88. The molecule has 1 N–H and O–H groups in total. The lowest BCUT2D eigenvalue weighted by Crippen LogP contribution is -2.14. The maximum atomic E-state index is 10.8. The SMILES string of the molecule is Cc1nc(OCC2CCOC2)ncc1C(=O)O. The molecule has 0 spiro atoms. The van der Waals surface area contributed by atoms with E-state index in [1.807, 2.05) is 0 Å². The van der Waals surface area contributed by atoms with Gasteiger partial charge in [-0.15, -0.1) is 0 Å². The molecule has 0 bridgehead atoms. The smallest absolute Gasteiger partial charge is 0.339 e. The summed E-state index contributed by atoms with van der Waals surface area (Å²) >= 11 is 0. The van der Waals surface area contributed by atoms with Crippen LogP contribution in [0.25, 0.3) is 0 Å². The summed E-state index contributed by atoms with van der Waals surface area (Å²) in [5.74, 6) is -0.656. The summed E-state index contributed by atoms with van der Waals surface area (Å²) in [6.45, 7) is 3.60. The fourth-order valence-corrected chi connectivity index (χ4v) is 1.63. The van der Waals surface area contributed by atoms with E-state index in [0.29, 0.717) is 24.8 Å². The molecule has 0 aliphatic carbocycles. The van der Waals surface area contributed by atoms with Gasteiger partial charge in [-0.3, -0.25) is 0 Å². The average molecular weight is 238 g/mol. The van der Waals surface area contributed by atoms with Crippen molar-refractivity contribution in [1.82, 2.24) is 9.97 Å². The van der Waals surface area contributed by atoms with Crippen molar-refractivity contribution in [1.29, 1.82) is 0 Å². The van der Waals surface area contributed by atoms with Gasteiger partial charge in [-0.25, -0.2) is 9.78 Å². The van der Waals surface area contributed by atoms with Crippen LogP contribution in [0, 0.1) is 12.8 Å². The first-order chi connectivity index (χ1) is 8.16. The Balaban J connectivity index is 1.97. The number of hydrogen-bond acceptors (Lipinski definition) is 5. The minimum absolute atomic E-state index is 0.0987. The lowest BCUT2D eigenvalue weighted by Gasteiger charge is -2.09. The van der Waals surface area contributed by atoms with E-state index in [9.17, 15) is 4.79 Å². The third-order valence-electron chi connectivity index (χ3n) is 2.66. The topological polar surface area (TPSA) is 81.5 Å². The molecule has 2 heterocycles. The van der Waals surface area contributed by atoms with Crippen LogP contribution in [-0.4, -0.2) is 40.9 Å². The molecule has 1 saturated heterocycles. The Labute approximate surface area is 98.6 Å². The van der Waals surface area contributed by atoms with Crippen LogP contribution < -0.4 is 4.74 Å². The molecule has 0 saturated carbocycles. The second kappa shape index (κ2) is 5.09. The summed E-state index contributed by atoms with van der Waals surface area (Å²) in [6, 6.07) is 0.222.